The number of aromatic nitrogens is 6. The van der Waals surface area contributed by atoms with Gasteiger partial charge in [-0.25, -0.2) is 15.0 Å². The van der Waals surface area contributed by atoms with E-state index in [4.69, 9.17) is 24.9 Å². The highest BCUT2D eigenvalue weighted by Crippen LogP contribution is 2.51. The summed E-state index contributed by atoms with van der Waals surface area (Å²) in [6.07, 6.45) is 0. The van der Waals surface area contributed by atoms with Gasteiger partial charge in [-0.05, 0) is 193 Å². The van der Waals surface area contributed by atoms with Crippen LogP contribution in [0.15, 0.2) is 182 Å². The first-order chi connectivity index (χ1) is 42.9. The first kappa shape index (κ1) is 53.2. The average molecular weight is 1150 g/mol. The van der Waals surface area contributed by atoms with Gasteiger partial charge in [0.1, 0.15) is 0 Å². The molecule has 0 unspecified atom stereocenters. The van der Waals surface area contributed by atoms with E-state index in [1.54, 1.807) is 0 Å². The van der Waals surface area contributed by atoms with Gasteiger partial charge in [-0.3, -0.25) is 9.97 Å². The van der Waals surface area contributed by atoms with E-state index in [0.717, 1.165) is 78.9 Å². The van der Waals surface area contributed by atoms with Crippen LogP contribution < -0.4 is 21.3 Å². The van der Waals surface area contributed by atoms with E-state index < -0.39 is 0 Å². The van der Waals surface area contributed by atoms with E-state index in [-0.39, 0.29) is 17.5 Å². The highest BCUT2D eigenvalue weighted by molar-refractivity contribution is 7.00. The molecule has 6 heterocycles. The Morgan fingerprint density at radius 2 is 0.820 bits per heavy atom. The number of pyridine rings is 2. The van der Waals surface area contributed by atoms with Gasteiger partial charge in [0.2, 0.25) is 0 Å². The molecule has 7 nitrogen and oxygen atoms in total. The maximum atomic E-state index is 5.65. The van der Waals surface area contributed by atoms with Gasteiger partial charge in [0, 0.05) is 83.8 Å². The monoisotopic (exact) mass is 1150 g/mol. The van der Waals surface area contributed by atoms with Gasteiger partial charge >= 0.3 is 0 Å². The number of anilines is 3. The second kappa shape index (κ2) is 18.7. The smallest absolute Gasteiger partial charge is 0.252 e. The molecule has 4 aromatic heterocycles. The van der Waals surface area contributed by atoms with Crippen molar-refractivity contribution in [1.82, 2.24) is 29.5 Å². The molecule has 15 aromatic rings. The van der Waals surface area contributed by atoms with Crippen LogP contribution in [0.2, 0.25) is 0 Å². The van der Waals surface area contributed by atoms with Crippen LogP contribution in [0.4, 0.5) is 17.1 Å². The minimum absolute atomic E-state index is 0.0454. The van der Waals surface area contributed by atoms with Crippen LogP contribution in [0.25, 0.3) is 126 Å². The predicted octanol–water partition coefficient (Wildman–Crippen LogP) is 18.7. The molecule has 0 atom stereocenters. The van der Waals surface area contributed by atoms with E-state index in [0.29, 0.717) is 17.5 Å². The van der Waals surface area contributed by atoms with E-state index in [9.17, 15) is 0 Å². The molecular formula is C81H66BN7. The molecule has 2 aliphatic rings. The normalized spacial score (nSPS) is 13.1. The Hall–Kier alpha value is -10.0. The first-order valence-electron chi connectivity index (χ1n) is 31.4. The van der Waals surface area contributed by atoms with Gasteiger partial charge in [-0.2, -0.15) is 0 Å². The number of rotatable bonds is 4. The third-order valence-electron chi connectivity index (χ3n) is 19.7. The summed E-state index contributed by atoms with van der Waals surface area (Å²) in [5.74, 6) is 1.75. The maximum Gasteiger partial charge on any atom is 0.252 e. The highest BCUT2D eigenvalue weighted by Gasteiger charge is 2.44. The summed E-state index contributed by atoms with van der Waals surface area (Å²) < 4.78 is 2.66. The summed E-state index contributed by atoms with van der Waals surface area (Å²) in [7, 11) is 0. The maximum absolute atomic E-state index is 5.65. The number of aryl methyl sites for hydroxylation is 6. The van der Waals surface area contributed by atoms with E-state index in [1.807, 2.05) is 0 Å². The largest absolute Gasteiger partial charge is 0.311 e. The third kappa shape index (κ3) is 7.68. The van der Waals surface area contributed by atoms with Crippen LogP contribution >= 0.6 is 0 Å². The zero-order valence-electron chi connectivity index (χ0n) is 52.5. The Morgan fingerprint density at radius 1 is 0.360 bits per heavy atom. The lowest BCUT2D eigenvalue weighted by atomic mass is 9.33. The summed E-state index contributed by atoms with van der Waals surface area (Å²) in [5.41, 5.74) is 21.5. The van der Waals surface area contributed by atoms with E-state index in [1.165, 1.54) is 108 Å². The number of hydrogen-bond donors (Lipinski definition) is 0. The molecule has 17 rings (SSSR count). The highest BCUT2D eigenvalue weighted by atomic mass is 15.2. The minimum atomic E-state index is -0.188. The Bertz CT molecular complexity index is 5510. The fourth-order valence-electron chi connectivity index (χ4n) is 15.9. The lowest BCUT2D eigenvalue weighted by Crippen LogP contribution is -2.60. The molecule has 11 aromatic carbocycles. The molecule has 0 N–H and O–H groups in total. The van der Waals surface area contributed by atoms with Crippen molar-refractivity contribution >= 4 is 127 Å². The summed E-state index contributed by atoms with van der Waals surface area (Å²) in [4.78, 5) is 29.3. The van der Waals surface area contributed by atoms with Crippen LogP contribution in [0.3, 0.4) is 0 Å². The van der Waals surface area contributed by atoms with Gasteiger partial charge in [0.25, 0.3) is 6.71 Å². The van der Waals surface area contributed by atoms with Gasteiger partial charge < -0.3 is 9.47 Å². The number of hydrogen-bond acceptors (Lipinski definition) is 6. The van der Waals surface area contributed by atoms with Gasteiger partial charge in [0.05, 0.1) is 11.0 Å². The van der Waals surface area contributed by atoms with Crippen molar-refractivity contribution in [1.29, 1.82) is 0 Å². The minimum Gasteiger partial charge on any atom is -0.311 e. The van der Waals surface area contributed by atoms with Crippen molar-refractivity contribution in [3.63, 3.8) is 0 Å². The Labute approximate surface area is 518 Å². The zero-order valence-corrected chi connectivity index (χ0v) is 52.5. The average Bonchev–Trinajstić information content (AvgIpc) is 1.59. The SMILES string of the molecule is Cc1cc(C)c(-c2nc(-c3cc4c5c(c3)-n3c6ccc7c8ccccc8c8ccccc8c7c6c6c7c8ccccc8c8ccccc8c7cc(c63)B5c3cc(C(C)(C)C)ccc3N4c3ccc(C(C)(C)C)cc3)nc(-c3c(C)cc(C)nc3C)n2)c(C)n1. The molecule has 0 radical (unpaired) electrons. The topological polar surface area (TPSA) is 72.6 Å². The standard InChI is InChI=1S/C81H66BN7/c1-43-37-45(3)83-47(5)69(43)78-85-77(86-79(87-78)70-44(2)38-46(4)84-48(70)6)49-39-67-75-68(40-49)89-66-36-34-61-57-25-15-13-21-53(57)55-23-17-19-27-59(55)71(61)73(66)74-72-60-28-20-18-24-56(60)54-22-14-16-26-58(54)62(72)42-64(76(74)89)82(75)63-41-51(81(10,11)12)31-35-65(63)88(67)52-32-29-50(30-33-52)80(7,8)9/h13-42H,1-12H3. The molecule has 0 saturated heterocycles. The summed E-state index contributed by atoms with van der Waals surface area (Å²) in [6, 6.07) is 69.5. The number of fused-ring (bicyclic) bond motifs is 21. The molecule has 0 amide bonds. The van der Waals surface area contributed by atoms with Gasteiger partial charge in [-0.1, -0.05) is 175 Å². The lowest BCUT2D eigenvalue weighted by molar-refractivity contribution is 0.590. The molecule has 0 bridgehead atoms. The molecular weight excluding hydrogens is 1080 g/mol. The second-order valence-corrected chi connectivity index (χ2v) is 27.4. The lowest BCUT2D eigenvalue weighted by Gasteiger charge is -2.41. The Kier molecular flexibility index (Phi) is 11.2. The molecule has 428 valence electrons. The van der Waals surface area contributed by atoms with Gasteiger partial charge in [-0.15, -0.1) is 0 Å². The van der Waals surface area contributed by atoms with Crippen LogP contribution in [-0.2, 0) is 10.8 Å². The number of nitrogens with zero attached hydrogens (tertiary/aromatic N) is 7. The van der Waals surface area contributed by atoms with Gasteiger partial charge in [0.15, 0.2) is 17.5 Å². The molecule has 0 fully saturated rings. The molecule has 8 heteroatoms. The molecule has 0 saturated carbocycles. The van der Waals surface area contributed by atoms with Crippen molar-refractivity contribution in [2.45, 2.75) is 93.9 Å². The summed E-state index contributed by atoms with van der Waals surface area (Å²) in [6.45, 7) is 26.3. The third-order valence-corrected chi connectivity index (χ3v) is 19.7. The van der Waals surface area contributed by atoms with E-state index >= 15 is 0 Å². The van der Waals surface area contributed by atoms with Crippen LogP contribution in [0.1, 0.15) is 86.6 Å². The van der Waals surface area contributed by atoms with Crippen molar-refractivity contribution in [2.24, 2.45) is 0 Å². The fraction of sp³-hybridized carbons (Fsp3) is 0.173. The molecule has 89 heavy (non-hydrogen) atoms. The zero-order chi connectivity index (χ0) is 60.8. The van der Waals surface area contributed by atoms with Crippen molar-refractivity contribution in [3.8, 4) is 39.9 Å². The van der Waals surface area contributed by atoms with Crippen molar-refractivity contribution < 1.29 is 0 Å². The Morgan fingerprint density at radius 3 is 1.35 bits per heavy atom. The molecule has 0 aliphatic carbocycles. The second-order valence-electron chi connectivity index (χ2n) is 27.4. The van der Waals surface area contributed by atoms with Crippen LogP contribution in [0, 0.1) is 41.5 Å². The van der Waals surface area contributed by atoms with Crippen LogP contribution in [-0.4, -0.2) is 36.2 Å². The number of benzene rings is 11. The van der Waals surface area contributed by atoms with Crippen molar-refractivity contribution in [3.05, 3.63) is 227 Å². The van der Waals surface area contributed by atoms with Crippen LogP contribution in [0.5, 0.6) is 0 Å². The Balaban J connectivity index is 1.11. The quantitative estimate of drug-likeness (QED) is 0.129. The van der Waals surface area contributed by atoms with Crippen molar-refractivity contribution in [2.75, 3.05) is 4.90 Å². The predicted molar refractivity (Wildman–Crippen MR) is 376 cm³/mol. The first-order valence-corrected chi connectivity index (χ1v) is 31.4. The summed E-state index contributed by atoms with van der Waals surface area (Å²) in [5, 5.41) is 17.6. The van der Waals surface area contributed by atoms with E-state index in [2.05, 4.69) is 275 Å². The molecule has 0 spiro atoms. The fourth-order valence-corrected chi connectivity index (χ4v) is 15.9. The molecule has 2 aliphatic heterocycles. The summed E-state index contributed by atoms with van der Waals surface area (Å²) >= 11 is 0.